The molecular formula is C13H16N2O4S. The summed E-state index contributed by atoms with van der Waals surface area (Å²) in [7, 11) is 0. The zero-order valence-electron chi connectivity index (χ0n) is 11.1. The number of piperidine rings is 1. The van der Waals surface area contributed by atoms with Gasteiger partial charge in [-0.2, -0.15) is 0 Å². The Labute approximate surface area is 120 Å². The molecule has 0 aromatic carbocycles. The molecule has 108 valence electrons. The number of amides is 2. The zero-order valence-corrected chi connectivity index (χ0v) is 11.9. The van der Waals surface area contributed by atoms with Gasteiger partial charge in [0, 0.05) is 20.0 Å². The van der Waals surface area contributed by atoms with Crippen molar-refractivity contribution < 1.29 is 19.5 Å². The summed E-state index contributed by atoms with van der Waals surface area (Å²) in [5.74, 6) is -1.69. The predicted octanol–water partition coefficient (Wildman–Crippen LogP) is 1.64. The van der Waals surface area contributed by atoms with Gasteiger partial charge >= 0.3 is 5.97 Å². The standard InChI is InChI=1S/C13H16N2O4S/c1-8(16)14-11-5-4-10(20-11)12(17)15-6-2-3-9(7-15)13(18)19/h4-5,9H,2-3,6-7H2,1H3,(H,14,16)(H,18,19)/t9-/m0/s1. The van der Waals surface area contributed by atoms with Gasteiger partial charge < -0.3 is 15.3 Å². The maximum atomic E-state index is 12.3. The second kappa shape index (κ2) is 6.04. The van der Waals surface area contributed by atoms with E-state index < -0.39 is 11.9 Å². The van der Waals surface area contributed by atoms with Gasteiger partial charge in [0.25, 0.3) is 5.91 Å². The molecule has 1 aromatic heterocycles. The molecule has 1 aliphatic rings. The van der Waals surface area contributed by atoms with Crippen LogP contribution in [0.2, 0.25) is 0 Å². The predicted molar refractivity (Wildman–Crippen MR) is 74.9 cm³/mol. The second-order valence-electron chi connectivity index (χ2n) is 4.77. The van der Waals surface area contributed by atoms with Crippen LogP contribution in [0.3, 0.4) is 0 Å². The van der Waals surface area contributed by atoms with E-state index in [1.807, 2.05) is 0 Å². The lowest BCUT2D eigenvalue weighted by Gasteiger charge is -2.30. The Bertz CT molecular complexity index is 540. The van der Waals surface area contributed by atoms with E-state index in [4.69, 9.17) is 5.11 Å². The van der Waals surface area contributed by atoms with E-state index in [1.54, 1.807) is 17.0 Å². The summed E-state index contributed by atoms with van der Waals surface area (Å²) in [6, 6.07) is 3.33. The quantitative estimate of drug-likeness (QED) is 0.887. The average Bonchev–Trinajstić information content (AvgIpc) is 2.85. The van der Waals surface area contributed by atoms with E-state index in [-0.39, 0.29) is 18.4 Å². The van der Waals surface area contributed by atoms with Crippen molar-refractivity contribution in [1.82, 2.24) is 4.90 Å². The molecule has 2 heterocycles. The first kappa shape index (κ1) is 14.5. The molecule has 0 radical (unpaired) electrons. The number of rotatable bonds is 3. The van der Waals surface area contributed by atoms with E-state index in [0.29, 0.717) is 29.3 Å². The van der Waals surface area contributed by atoms with Crippen LogP contribution in [0.4, 0.5) is 5.00 Å². The van der Waals surface area contributed by atoms with E-state index in [2.05, 4.69) is 5.32 Å². The van der Waals surface area contributed by atoms with Crippen LogP contribution in [0.25, 0.3) is 0 Å². The first-order valence-electron chi connectivity index (χ1n) is 6.37. The first-order valence-corrected chi connectivity index (χ1v) is 7.18. The highest BCUT2D eigenvalue weighted by Crippen LogP contribution is 2.25. The molecule has 7 heteroatoms. The SMILES string of the molecule is CC(=O)Nc1ccc(C(=O)N2CCC[C@H](C(=O)O)C2)s1. The molecule has 0 aliphatic carbocycles. The maximum absolute atomic E-state index is 12.3. The van der Waals surface area contributed by atoms with Crippen LogP contribution >= 0.6 is 11.3 Å². The Morgan fingerprint density at radius 2 is 2.15 bits per heavy atom. The number of carboxylic acid groups (broad SMARTS) is 1. The Hall–Kier alpha value is -1.89. The third-order valence-electron chi connectivity index (χ3n) is 3.17. The van der Waals surface area contributed by atoms with E-state index in [1.165, 1.54) is 18.3 Å². The number of carbonyl (C=O) groups excluding carboxylic acids is 2. The van der Waals surface area contributed by atoms with Gasteiger partial charge in [0.15, 0.2) is 0 Å². The molecule has 1 aliphatic heterocycles. The first-order chi connectivity index (χ1) is 9.47. The van der Waals surface area contributed by atoms with Gasteiger partial charge in [-0.15, -0.1) is 11.3 Å². The summed E-state index contributed by atoms with van der Waals surface area (Å²) in [5, 5.41) is 12.3. The van der Waals surface area contributed by atoms with Crippen LogP contribution in [0, 0.1) is 5.92 Å². The van der Waals surface area contributed by atoms with Gasteiger partial charge in [-0.1, -0.05) is 0 Å². The number of carbonyl (C=O) groups is 3. The number of aliphatic carboxylic acids is 1. The Morgan fingerprint density at radius 3 is 2.80 bits per heavy atom. The van der Waals surface area contributed by atoms with Crippen molar-refractivity contribution in [2.75, 3.05) is 18.4 Å². The molecule has 1 atom stereocenters. The minimum absolute atomic E-state index is 0.169. The van der Waals surface area contributed by atoms with Crippen molar-refractivity contribution in [2.24, 2.45) is 5.92 Å². The number of hydrogen-bond donors (Lipinski definition) is 2. The molecule has 1 saturated heterocycles. The Kier molecular flexibility index (Phi) is 4.39. The van der Waals surface area contributed by atoms with Gasteiger partial charge in [-0.3, -0.25) is 14.4 Å². The summed E-state index contributed by atoms with van der Waals surface area (Å²) in [5.41, 5.74) is 0. The van der Waals surface area contributed by atoms with Gasteiger partial charge in [0.1, 0.15) is 0 Å². The molecule has 20 heavy (non-hydrogen) atoms. The third kappa shape index (κ3) is 3.36. The lowest BCUT2D eigenvalue weighted by atomic mass is 9.98. The molecule has 2 rings (SSSR count). The summed E-state index contributed by atoms with van der Waals surface area (Å²) < 4.78 is 0. The second-order valence-corrected chi connectivity index (χ2v) is 5.86. The van der Waals surface area contributed by atoms with Gasteiger partial charge in [-0.25, -0.2) is 0 Å². The van der Waals surface area contributed by atoms with Gasteiger partial charge in [-0.05, 0) is 25.0 Å². The van der Waals surface area contributed by atoms with Crippen LogP contribution in [-0.2, 0) is 9.59 Å². The van der Waals surface area contributed by atoms with Crippen LogP contribution in [0.1, 0.15) is 29.4 Å². The monoisotopic (exact) mass is 296 g/mol. The van der Waals surface area contributed by atoms with Crippen LogP contribution < -0.4 is 5.32 Å². The van der Waals surface area contributed by atoms with Crippen molar-refractivity contribution in [3.05, 3.63) is 17.0 Å². The Morgan fingerprint density at radius 1 is 1.40 bits per heavy atom. The number of thiophene rings is 1. The Balaban J connectivity index is 2.05. The van der Waals surface area contributed by atoms with Crippen molar-refractivity contribution in [3.63, 3.8) is 0 Å². The maximum Gasteiger partial charge on any atom is 0.308 e. The van der Waals surface area contributed by atoms with E-state index in [9.17, 15) is 14.4 Å². The number of likely N-dealkylation sites (tertiary alicyclic amines) is 1. The molecule has 0 saturated carbocycles. The highest BCUT2D eigenvalue weighted by atomic mass is 32.1. The number of anilines is 1. The van der Waals surface area contributed by atoms with Crippen molar-refractivity contribution in [1.29, 1.82) is 0 Å². The molecule has 0 spiro atoms. The number of nitrogens with one attached hydrogen (secondary N) is 1. The molecule has 0 bridgehead atoms. The molecule has 1 aromatic rings. The van der Waals surface area contributed by atoms with Crippen molar-refractivity contribution in [2.45, 2.75) is 19.8 Å². The lowest BCUT2D eigenvalue weighted by molar-refractivity contribution is -0.143. The third-order valence-corrected chi connectivity index (χ3v) is 4.16. The molecule has 0 unspecified atom stereocenters. The topological polar surface area (TPSA) is 86.7 Å². The largest absolute Gasteiger partial charge is 0.481 e. The summed E-state index contributed by atoms with van der Waals surface area (Å²) in [6.07, 6.45) is 1.31. The number of hydrogen-bond acceptors (Lipinski definition) is 4. The fourth-order valence-corrected chi connectivity index (χ4v) is 3.13. The summed E-state index contributed by atoms with van der Waals surface area (Å²) in [6.45, 7) is 2.24. The average molecular weight is 296 g/mol. The summed E-state index contributed by atoms with van der Waals surface area (Å²) >= 11 is 1.20. The molecule has 2 N–H and O–H groups in total. The fourth-order valence-electron chi connectivity index (χ4n) is 2.21. The normalized spacial score (nSPS) is 18.6. The minimum atomic E-state index is -0.854. The highest BCUT2D eigenvalue weighted by molar-refractivity contribution is 7.18. The van der Waals surface area contributed by atoms with Crippen molar-refractivity contribution in [3.8, 4) is 0 Å². The van der Waals surface area contributed by atoms with Crippen molar-refractivity contribution >= 4 is 34.1 Å². The minimum Gasteiger partial charge on any atom is -0.481 e. The molecule has 2 amide bonds. The van der Waals surface area contributed by atoms with Gasteiger partial charge in [0.2, 0.25) is 5.91 Å². The molecule has 1 fully saturated rings. The number of nitrogens with zero attached hydrogens (tertiary/aromatic N) is 1. The van der Waals surface area contributed by atoms with E-state index in [0.717, 1.165) is 0 Å². The lowest BCUT2D eigenvalue weighted by Crippen LogP contribution is -2.42. The van der Waals surface area contributed by atoms with Crippen LogP contribution in [0.5, 0.6) is 0 Å². The summed E-state index contributed by atoms with van der Waals surface area (Å²) in [4.78, 5) is 36.3. The zero-order chi connectivity index (χ0) is 14.7. The van der Waals surface area contributed by atoms with Gasteiger partial charge in [0.05, 0.1) is 15.8 Å². The fraction of sp³-hybridized carbons (Fsp3) is 0.462. The molecular weight excluding hydrogens is 280 g/mol. The smallest absolute Gasteiger partial charge is 0.308 e. The van der Waals surface area contributed by atoms with E-state index >= 15 is 0 Å². The number of carboxylic acids is 1. The van der Waals surface area contributed by atoms with Crippen LogP contribution in [0.15, 0.2) is 12.1 Å². The molecule has 6 nitrogen and oxygen atoms in total. The highest BCUT2D eigenvalue weighted by Gasteiger charge is 2.29. The van der Waals surface area contributed by atoms with Crippen LogP contribution in [-0.4, -0.2) is 40.9 Å².